The molecule has 0 aromatic heterocycles. The van der Waals surface area contributed by atoms with Crippen LogP contribution in [0, 0.1) is 0 Å². The number of carbonyl (C=O) groups excluding carboxylic acids is 3. The molecule has 5 aromatic rings. The standard InChI is InChI=1S/C39H32F3N3O4S/c1-26(36(46)44-32-14-8-13-30(24-32)39(40,41)42)50-34-21-17-31(18-22-34)43-38(48)35(45-37(47)29-11-6-3-7-12-29)23-27-15-19-33(20-16-27)49-25-28-9-4-2-5-10-28/h2-24,26H,25H2,1H3,(H,43,48)(H,44,46)(H,45,47)/b35-23-. The third kappa shape index (κ3) is 10.3. The van der Waals surface area contributed by atoms with E-state index in [0.29, 0.717) is 34.1 Å². The monoisotopic (exact) mass is 695 g/mol. The quantitative estimate of drug-likeness (QED) is 0.0896. The van der Waals surface area contributed by atoms with Gasteiger partial charge >= 0.3 is 6.18 Å². The van der Waals surface area contributed by atoms with E-state index in [-0.39, 0.29) is 11.4 Å². The predicted octanol–water partition coefficient (Wildman–Crippen LogP) is 8.81. The minimum Gasteiger partial charge on any atom is -0.489 e. The van der Waals surface area contributed by atoms with Gasteiger partial charge in [0.15, 0.2) is 0 Å². The summed E-state index contributed by atoms with van der Waals surface area (Å²) in [5.41, 5.74) is 1.70. The number of benzene rings is 5. The summed E-state index contributed by atoms with van der Waals surface area (Å²) >= 11 is 1.20. The highest BCUT2D eigenvalue weighted by Crippen LogP contribution is 2.31. The molecule has 0 heterocycles. The SMILES string of the molecule is CC(Sc1ccc(NC(=O)/C(=C/c2ccc(OCc3ccccc3)cc2)NC(=O)c2ccccc2)cc1)C(=O)Nc1cccc(C(F)(F)F)c1. The van der Waals surface area contributed by atoms with Gasteiger partial charge in [0, 0.05) is 21.8 Å². The van der Waals surface area contributed by atoms with Crippen molar-refractivity contribution >= 4 is 46.9 Å². The number of thioether (sulfide) groups is 1. The second-order valence-corrected chi connectivity index (χ2v) is 12.4. The summed E-state index contributed by atoms with van der Waals surface area (Å²) in [5, 5.41) is 7.39. The van der Waals surface area contributed by atoms with E-state index < -0.39 is 34.7 Å². The lowest BCUT2D eigenvalue weighted by Gasteiger charge is -2.14. The number of rotatable bonds is 12. The van der Waals surface area contributed by atoms with Crippen LogP contribution in [0.3, 0.4) is 0 Å². The van der Waals surface area contributed by atoms with Gasteiger partial charge in [-0.3, -0.25) is 14.4 Å². The van der Waals surface area contributed by atoms with Gasteiger partial charge < -0.3 is 20.7 Å². The molecule has 7 nitrogen and oxygen atoms in total. The third-order valence-electron chi connectivity index (χ3n) is 7.22. The van der Waals surface area contributed by atoms with Crippen LogP contribution in [0.15, 0.2) is 144 Å². The van der Waals surface area contributed by atoms with E-state index >= 15 is 0 Å². The van der Waals surface area contributed by atoms with Gasteiger partial charge in [-0.1, -0.05) is 66.7 Å². The van der Waals surface area contributed by atoms with Crippen molar-refractivity contribution in [3.8, 4) is 5.75 Å². The van der Waals surface area contributed by atoms with Crippen LogP contribution < -0.4 is 20.7 Å². The highest BCUT2D eigenvalue weighted by molar-refractivity contribution is 8.00. The van der Waals surface area contributed by atoms with Gasteiger partial charge in [0.1, 0.15) is 18.1 Å². The number of carbonyl (C=O) groups is 3. The number of alkyl halides is 3. The van der Waals surface area contributed by atoms with Gasteiger partial charge in [0.25, 0.3) is 11.8 Å². The number of halogens is 3. The Morgan fingerprint density at radius 2 is 1.42 bits per heavy atom. The summed E-state index contributed by atoms with van der Waals surface area (Å²) in [6.07, 6.45) is -2.96. The molecule has 0 saturated heterocycles. The normalized spacial score (nSPS) is 12.0. The first-order valence-electron chi connectivity index (χ1n) is 15.4. The minimum absolute atomic E-state index is 0.00939. The van der Waals surface area contributed by atoms with Crippen molar-refractivity contribution in [3.63, 3.8) is 0 Å². The minimum atomic E-state index is -4.52. The molecular formula is C39H32F3N3O4S. The zero-order valence-electron chi connectivity index (χ0n) is 26.7. The Hall–Kier alpha value is -5.81. The maximum atomic E-state index is 13.5. The average molecular weight is 696 g/mol. The molecule has 0 spiro atoms. The first-order valence-corrected chi connectivity index (χ1v) is 16.3. The van der Waals surface area contributed by atoms with Crippen molar-refractivity contribution in [3.05, 3.63) is 161 Å². The maximum Gasteiger partial charge on any atom is 0.416 e. The number of nitrogens with one attached hydrogen (secondary N) is 3. The number of anilines is 2. The molecule has 0 aliphatic carbocycles. The molecule has 1 unspecified atom stereocenters. The topological polar surface area (TPSA) is 96.5 Å². The summed E-state index contributed by atoms with van der Waals surface area (Å²) < 4.78 is 45.0. The van der Waals surface area contributed by atoms with Crippen LogP contribution in [-0.4, -0.2) is 23.0 Å². The highest BCUT2D eigenvalue weighted by atomic mass is 32.2. The molecule has 0 aliphatic rings. The molecule has 0 radical (unpaired) electrons. The van der Waals surface area contributed by atoms with Crippen molar-refractivity contribution in [2.75, 3.05) is 10.6 Å². The lowest BCUT2D eigenvalue weighted by molar-refractivity contribution is -0.137. The van der Waals surface area contributed by atoms with Crippen LogP contribution in [0.4, 0.5) is 24.5 Å². The fraction of sp³-hybridized carbons (Fsp3) is 0.103. The summed E-state index contributed by atoms with van der Waals surface area (Å²) in [4.78, 5) is 39.9. The molecule has 3 N–H and O–H groups in total. The number of amides is 3. The maximum absolute atomic E-state index is 13.5. The summed E-state index contributed by atoms with van der Waals surface area (Å²) in [6.45, 7) is 2.04. The Morgan fingerprint density at radius 3 is 2.08 bits per heavy atom. The molecular weight excluding hydrogens is 664 g/mol. The van der Waals surface area contributed by atoms with Crippen LogP contribution in [0.1, 0.15) is 34.0 Å². The molecule has 0 aliphatic heterocycles. The van der Waals surface area contributed by atoms with Gasteiger partial charge in [-0.05, 0) is 90.9 Å². The van der Waals surface area contributed by atoms with Crippen LogP contribution >= 0.6 is 11.8 Å². The molecule has 254 valence electrons. The lowest BCUT2D eigenvalue weighted by Crippen LogP contribution is -2.30. The molecule has 3 amide bonds. The van der Waals surface area contributed by atoms with Gasteiger partial charge in [-0.15, -0.1) is 11.8 Å². The van der Waals surface area contributed by atoms with E-state index in [1.807, 2.05) is 30.3 Å². The third-order valence-corrected chi connectivity index (χ3v) is 8.33. The molecule has 5 rings (SSSR count). The second-order valence-electron chi connectivity index (χ2n) is 11.0. The van der Waals surface area contributed by atoms with Crippen molar-refractivity contribution in [1.82, 2.24) is 5.32 Å². The molecule has 5 aromatic carbocycles. The Balaban J connectivity index is 1.24. The average Bonchev–Trinajstić information content (AvgIpc) is 3.12. The fourth-order valence-corrected chi connectivity index (χ4v) is 5.47. The zero-order valence-corrected chi connectivity index (χ0v) is 27.6. The van der Waals surface area contributed by atoms with E-state index in [0.717, 1.165) is 17.7 Å². The van der Waals surface area contributed by atoms with Gasteiger partial charge in [-0.25, -0.2) is 0 Å². The van der Waals surface area contributed by atoms with Gasteiger partial charge in [-0.2, -0.15) is 13.2 Å². The van der Waals surface area contributed by atoms with Crippen LogP contribution in [-0.2, 0) is 22.4 Å². The Kier molecular flexibility index (Phi) is 11.7. The number of ether oxygens (including phenoxy) is 1. The van der Waals surface area contributed by atoms with E-state index in [1.165, 1.54) is 23.9 Å². The molecule has 0 saturated carbocycles. The van der Waals surface area contributed by atoms with Crippen molar-refractivity contribution in [1.29, 1.82) is 0 Å². The van der Waals surface area contributed by atoms with E-state index in [4.69, 9.17) is 4.74 Å². The van der Waals surface area contributed by atoms with E-state index in [9.17, 15) is 27.6 Å². The molecule has 50 heavy (non-hydrogen) atoms. The van der Waals surface area contributed by atoms with Crippen molar-refractivity contribution in [2.45, 2.75) is 29.9 Å². The summed E-state index contributed by atoms with van der Waals surface area (Å²) in [6, 6.07) is 36.5. The second kappa shape index (κ2) is 16.5. The van der Waals surface area contributed by atoms with Crippen LogP contribution in [0.2, 0.25) is 0 Å². The molecule has 0 bridgehead atoms. The first-order chi connectivity index (χ1) is 24.0. The van der Waals surface area contributed by atoms with Crippen LogP contribution in [0.25, 0.3) is 6.08 Å². The molecule has 11 heteroatoms. The predicted molar refractivity (Wildman–Crippen MR) is 190 cm³/mol. The Morgan fingerprint density at radius 1 is 0.760 bits per heavy atom. The lowest BCUT2D eigenvalue weighted by atomic mass is 10.1. The van der Waals surface area contributed by atoms with Crippen molar-refractivity contribution < 1.29 is 32.3 Å². The Labute approximate surface area is 291 Å². The van der Waals surface area contributed by atoms with E-state index in [1.54, 1.807) is 91.9 Å². The zero-order chi connectivity index (χ0) is 35.5. The highest BCUT2D eigenvalue weighted by Gasteiger charge is 2.30. The molecule has 1 atom stereocenters. The van der Waals surface area contributed by atoms with E-state index in [2.05, 4.69) is 16.0 Å². The summed E-state index contributed by atoms with van der Waals surface area (Å²) in [5.74, 6) is -0.843. The van der Waals surface area contributed by atoms with Crippen molar-refractivity contribution in [2.24, 2.45) is 0 Å². The Bertz CT molecular complexity index is 1950. The number of hydrogen-bond acceptors (Lipinski definition) is 5. The van der Waals surface area contributed by atoms with Crippen LogP contribution in [0.5, 0.6) is 5.75 Å². The smallest absolute Gasteiger partial charge is 0.416 e. The number of hydrogen-bond donors (Lipinski definition) is 3. The molecule has 0 fully saturated rings. The van der Waals surface area contributed by atoms with Gasteiger partial charge in [0.2, 0.25) is 5.91 Å². The van der Waals surface area contributed by atoms with Gasteiger partial charge in [0.05, 0.1) is 10.8 Å². The fourth-order valence-electron chi connectivity index (χ4n) is 4.60. The first kappa shape index (κ1) is 35.5. The summed E-state index contributed by atoms with van der Waals surface area (Å²) in [7, 11) is 0. The largest absolute Gasteiger partial charge is 0.489 e.